The Morgan fingerprint density at radius 1 is 1.11 bits per heavy atom. The standard InChI is InChI=1S/C16H11FO2/c1-10-2-7-14-13(8-10)16(18)15(19-14)9-11-3-5-12(17)6-4-11/h2-9H,1H3. The molecule has 0 unspecified atom stereocenters. The van der Waals surface area contributed by atoms with Crippen molar-refractivity contribution in [1.82, 2.24) is 0 Å². The number of ketones is 1. The maximum Gasteiger partial charge on any atom is 0.231 e. The van der Waals surface area contributed by atoms with E-state index in [9.17, 15) is 9.18 Å². The molecule has 3 heteroatoms. The Kier molecular flexibility index (Phi) is 2.67. The quantitative estimate of drug-likeness (QED) is 0.724. The van der Waals surface area contributed by atoms with Gasteiger partial charge < -0.3 is 4.74 Å². The first-order valence-corrected chi connectivity index (χ1v) is 5.94. The minimum atomic E-state index is -0.306. The predicted molar refractivity (Wildman–Crippen MR) is 70.5 cm³/mol. The van der Waals surface area contributed by atoms with E-state index in [1.165, 1.54) is 12.1 Å². The summed E-state index contributed by atoms with van der Waals surface area (Å²) in [7, 11) is 0. The highest BCUT2D eigenvalue weighted by molar-refractivity contribution is 6.14. The lowest BCUT2D eigenvalue weighted by Gasteiger charge is -1.98. The van der Waals surface area contributed by atoms with Crippen LogP contribution in [0, 0.1) is 12.7 Å². The van der Waals surface area contributed by atoms with Gasteiger partial charge in [0.1, 0.15) is 11.6 Å². The van der Waals surface area contributed by atoms with Crippen molar-refractivity contribution in [2.24, 2.45) is 0 Å². The number of carbonyl (C=O) groups excluding carboxylic acids is 1. The van der Waals surface area contributed by atoms with Crippen molar-refractivity contribution < 1.29 is 13.9 Å². The molecular weight excluding hydrogens is 243 g/mol. The largest absolute Gasteiger partial charge is 0.452 e. The van der Waals surface area contributed by atoms with E-state index in [1.54, 1.807) is 24.3 Å². The van der Waals surface area contributed by atoms with E-state index in [-0.39, 0.29) is 17.4 Å². The van der Waals surface area contributed by atoms with Gasteiger partial charge in [-0.05, 0) is 42.8 Å². The molecule has 2 aromatic carbocycles. The summed E-state index contributed by atoms with van der Waals surface area (Å²) < 4.78 is 18.3. The highest BCUT2D eigenvalue weighted by atomic mass is 19.1. The molecule has 0 spiro atoms. The summed E-state index contributed by atoms with van der Waals surface area (Å²) in [6.07, 6.45) is 1.62. The average Bonchev–Trinajstić information content (AvgIpc) is 2.70. The molecule has 0 aliphatic carbocycles. The second-order valence-corrected chi connectivity index (χ2v) is 4.49. The molecule has 1 aliphatic rings. The summed E-state index contributed by atoms with van der Waals surface area (Å²) in [5.74, 6) is 0.402. The molecule has 1 aliphatic heterocycles. The topological polar surface area (TPSA) is 26.3 Å². The zero-order valence-electron chi connectivity index (χ0n) is 10.3. The molecule has 2 nitrogen and oxygen atoms in total. The number of hydrogen-bond donors (Lipinski definition) is 0. The van der Waals surface area contributed by atoms with E-state index < -0.39 is 0 Å². The van der Waals surface area contributed by atoms with Gasteiger partial charge in [0, 0.05) is 0 Å². The number of halogens is 1. The number of hydrogen-bond acceptors (Lipinski definition) is 2. The molecule has 3 rings (SSSR count). The summed E-state index contributed by atoms with van der Waals surface area (Å²) in [4.78, 5) is 12.2. The third-order valence-electron chi connectivity index (χ3n) is 2.99. The summed E-state index contributed by atoms with van der Waals surface area (Å²) >= 11 is 0. The maximum absolute atomic E-state index is 12.8. The molecule has 0 amide bonds. The summed E-state index contributed by atoms with van der Waals surface area (Å²) in [6.45, 7) is 1.93. The second kappa shape index (κ2) is 4.35. The zero-order chi connectivity index (χ0) is 13.4. The molecule has 0 bridgehead atoms. The number of allylic oxidation sites excluding steroid dienone is 1. The normalized spacial score (nSPS) is 15.5. The molecule has 0 atom stereocenters. The molecule has 94 valence electrons. The van der Waals surface area contributed by atoms with Gasteiger partial charge >= 0.3 is 0 Å². The predicted octanol–water partition coefficient (Wildman–Crippen LogP) is 3.75. The van der Waals surface area contributed by atoms with Crippen LogP contribution in [0.15, 0.2) is 48.2 Å². The summed E-state index contributed by atoms with van der Waals surface area (Å²) in [6, 6.07) is 11.4. The smallest absolute Gasteiger partial charge is 0.231 e. The Balaban J connectivity index is 1.97. The van der Waals surface area contributed by atoms with Gasteiger partial charge in [0.25, 0.3) is 0 Å². The summed E-state index contributed by atoms with van der Waals surface area (Å²) in [5, 5.41) is 0. The van der Waals surface area contributed by atoms with Crippen LogP contribution in [0.5, 0.6) is 5.75 Å². The van der Waals surface area contributed by atoms with Crippen LogP contribution >= 0.6 is 0 Å². The Bertz CT molecular complexity index is 684. The van der Waals surface area contributed by atoms with Crippen LogP contribution in [-0.2, 0) is 0 Å². The van der Waals surface area contributed by atoms with Crippen LogP contribution < -0.4 is 4.74 Å². The van der Waals surface area contributed by atoms with E-state index in [4.69, 9.17) is 4.74 Å². The Morgan fingerprint density at radius 3 is 2.58 bits per heavy atom. The highest BCUT2D eigenvalue weighted by Crippen LogP contribution is 2.32. The number of benzene rings is 2. The average molecular weight is 254 g/mol. The number of carbonyl (C=O) groups is 1. The molecule has 19 heavy (non-hydrogen) atoms. The molecule has 0 saturated heterocycles. The van der Waals surface area contributed by atoms with Crippen LogP contribution in [0.2, 0.25) is 0 Å². The Morgan fingerprint density at radius 2 is 1.84 bits per heavy atom. The van der Waals surface area contributed by atoms with E-state index in [0.29, 0.717) is 11.3 Å². The van der Waals surface area contributed by atoms with E-state index in [2.05, 4.69) is 0 Å². The van der Waals surface area contributed by atoms with E-state index in [1.807, 2.05) is 19.1 Å². The van der Waals surface area contributed by atoms with E-state index in [0.717, 1.165) is 11.1 Å². The zero-order valence-corrected chi connectivity index (χ0v) is 10.3. The molecular formula is C16H11FO2. The first-order valence-electron chi connectivity index (χ1n) is 5.94. The lowest BCUT2D eigenvalue weighted by molar-refractivity contribution is 0.101. The van der Waals surface area contributed by atoms with Gasteiger partial charge in [0.05, 0.1) is 5.56 Å². The Labute approximate surface area is 110 Å². The molecule has 0 saturated carbocycles. The first-order chi connectivity index (χ1) is 9.13. The number of fused-ring (bicyclic) bond motifs is 1. The van der Waals surface area contributed by atoms with Crippen LogP contribution in [0.1, 0.15) is 21.5 Å². The fourth-order valence-corrected chi connectivity index (χ4v) is 2.01. The Hall–Kier alpha value is -2.42. The molecule has 2 aromatic rings. The molecule has 0 N–H and O–H groups in total. The molecule has 1 heterocycles. The lowest BCUT2D eigenvalue weighted by atomic mass is 10.1. The van der Waals surface area contributed by atoms with Gasteiger partial charge in [0.15, 0.2) is 5.76 Å². The monoisotopic (exact) mass is 254 g/mol. The van der Waals surface area contributed by atoms with Crippen molar-refractivity contribution in [3.05, 3.63) is 70.7 Å². The molecule has 0 radical (unpaired) electrons. The fourth-order valence-electron chi connectivity index (χ4n) is 2.01. The maximum atomic E-state index is 12.8. The number of rotatable bonds is 1. The van der Waals surface area contributed by atoms with Crippen molar-refractivity contribution in [2.45, 2.75) is 6.92 Å². The van der Waals surface area contributed by atoms with Crippen molar-refractivity contribution >= 4 is 11.9 Å². The third-order valence-corrected chi connectivity index (χ3v) is 2.99. The van der Waals surface area contributed by atoms with Gasteiger partial charge in [-0.1, -0.05) is 23.8 Å². The second-order valence-electron chi connectivity index (χ2n) is 4.49. The van der Waals surface area contributed by atoms with Crippen LogP contribution in [-0.4, -0.2) is 5.78 Å². The van der Waals surface area contributed by atoms with Crippen molar-refractivity contribution in [3.8, 4) is 5.75 Å². The SMILES string of the molecule is Cc1ccc2c(c1)C(=O)C(=Cc1ccc(F)cc1)O2. The number of aryl methyl sites for hydroxylation is 1. The van der Waals surface area contributed by atoms with Crippen molar-refractivity contribution in [2.75, 3.05) is 0 Å². The minimum Gasteiger partial charge on any atom is -0.452 e. The van der Waals surface area contributed by atoms with Crippen LogP contribution in [0.3, 0.4) is 0 Å². The number of ether oxygens (including phenoxy) is 1. The third kappa shape index (κ3) is 2.15. The minimum absolute atomic E-state index is 0.136. The van der Waals surface area contributed by atoms with Gasteiger partial charge in [-0.3, -0.25) is 4.79 Å². The van der Waals surface area contributed by atoms with Gasteiger partial charge in [-0.25, -0.2) is 4.39 Å². The van der Waals surface area contributed by atoms with Crippen molar-refractivity contribution in [3.63, 3.8) is 0 Å². The highest BCUT2D eigenvalue weighted by Gasteiger charge is 2.26. The molecule has 0 fully saturated rings. The van der Waals surface area contributed by atoms with Gasteiger partial charge in [-0.15, -0.1) is 0 Å². The van der Waals surface area contributed by atoms with E-state index >= 15 is 0 Å². The molecule has 0 aromatic heterocycles. The van der Waals surface area contributed by atoms with Crippen LogP contribution in [0.4, 0.5) is 4.39 Å². The lowest BCUT2D eigenvalue weighted by Crippen LogP contribution is -1.98. The summed E-state index contributed by atoms with van der Waals surface area (Å²) in [5.41, 5.74) is 2.32. The fraction of sp³-hybridized carbons (Fsp3) is 0.0625. The van der Waals surface area contributed by atoms with Crippen LogP contribution in [0.25, 0.3) is 6.08 Å². The van der Waals surface area contributed by atoms with Gasteiger partial charge in [-0.2, -0.15) is 0 Å². The first kappa shape index (κ1) is 11.7. The van der Waals surface area contributed by atoms with Crippen molar-refractivity contribution in [1.29, 1.82) is 0 Å². The van der Waals surface area contributed by atoms with Gasteiger partial charge in [0.2, 0.25) is 5.78 Å². The number of Topliss-reactive ketones (excluding diaryl/α,β-unsaturated/α-hetero) is 1.